The molecule has 5 heteroatoms. The molecule has 0 fully saturated rings. The van der Waals surface area contributed by atoms with Crippen LogP contribution in [0.15, 0.2) is 36.0 Å². The van der Waals surface area contributed by atoms with Crippen molar-refractivity contribution < 1.29 is 13.0 Å². The lowest BCUT2D eigenvalue weighted by Gasteiger charge is -2.26. The summed E-state index contributed by atoms with van der Waals surface area (Å²) >= 11 is 0. The van der Waals surface area contributed by atoms with Crippen LogP contribution in [-0.4, -0.2) is 25.3 Å². The second-order valence-electron chi connectivity index (χ2n) is 5.61. The van der Waals surface area contributed by atoms with E-state index in [0.717, 1.165) is 5.69 Å². The van der Waals surface area contributed by atoms with E-state index < -0.39 is 10.1 Å². The van der Waals surface area contributed by atoms with E-state index in [2.05, 4.69) is 37.0 Å². The van der Waals surface area contributed by atoms with Crippen LogP contribution in [0.4, 0.5) is 5.69 Å². The van der Waals surface area contributed by atoms with Crippen LogP contribution in [0.2, 0.25) is 0 Å². The topological polar surface area (TPSA) is 57.6 Å². The zero-order valence-corrected chi connectivity index (χ0v) is 12.9. The van der Waals surface area contributed by atoms with E-state index in [1.165, 1.54) is 11.3 Å². The zero-order chi connectivity index (χ0) is 15.0. The smallest absolute Gasteiger partial charge is 0.264 e. The summed E-state index contributed by atoms with van der Waals surface area (Å²) in [6, 6.07) is 8.18. The molecule has 0 aromatic heterocycles. The molecule has 0 amide bonds. The minimum absolute atomic E-state index is 0.0799. The third kappa shape index (κ3) is 2.74. The van der Waals surface area contributed by atoms with Crippen LogP contribution in [0.1, 0.15) is 32.8 Å². The van der Waals surface area contributed by atoms with Gasteiger partial charge in [-0.2, -0.15) is 8.42 Å². The molecule has 110 valence electrons. The third-order valence-electron chi connectivity index (χ3n) is 3.86. The van der Waals surface area contributed by atoms with Crippen molar-refractivity contribution in [2.75, 3.05) is 17.2 Å². The van der Waals surface area contributed by atoms with Gasteiger partial charge in [0, 0.05) is 23.3 Å². The highest BCUT2D eigenvalue weighted by molar-refractivity contribution is 7.85. The minimum atomic E-state index is -3.89. The fraction of sp³-hybridized carbons (Fsp3) is 0.467. The van der Waals surface area contributed by atoms with Crippen LogP contribution in [0.3, 0.4) is 0 Å². The summed E-state index contributed by atoms with van der Waals surface area (Å²) in [5, 5.41) is 0. The van der Waals surface area contributed by atoms with Crippen LogP contribution < -0.4 is 4.90 Å². The van der Waals surface area contributed by atoms with E-state index in [-0.39, 0.29) is 11.2 Å². The maximum Gasteiger partial charge on any atom is 0.264 e. The summed E-state index contributed by atoms with van der Waals surface area (Å²) in [7, 11) is -3.89. The van der Waals surface area contributed by atoms with E-state index in [9.17, 15) is 8.42 Å². The summed E-state index contributed by atoms with van der Waals surface area (Å²) in [6.45, 7) is 6.92. The summed E-state index contributed by atoms with van der Waals surface area (Å²) in [4.78, 5) is 2.15. The maximum absolute atomic E-state index is 10.9. The summed E-state index contributed by atoms with van der Waals surface area (Å²) in [5.74, 6) is -0.205. The lowest BCUT2D eigenvalue weighted by molar-refractivity contribution is 0.481. The van der Waals surface area contributed by atoms with Crippen molar-refractivity contribution in [1.82, 2.24) is 0 Å². The highest BCUT2D eigenvalue weighted by atomic mass is 32.2. The van der Waals surface area contributed by atoms with Gasteiger partial charge in [0.1, 0.15) is 0 Å². The Labute approximate surface area is 120 Å². The van der Waals surface area contributed by atoms with E-state index in [0.29, 0.717) is 13.0 Å². The Morgan fingerprint density at radius 1 is 1.30 bits per heavy atom. The standard InChI is InChI=1S/C15H21NO3S/c1-4-14-15(2,3)12-8-5-6-9-13(12)16(14)10-7-11-20(17,18)19/h4-6,8-9H,7,10-11H2,1-3H3,(H,17,18,19)/b14-4+. The number of rotatable bonds is 4. The second-order valence-corrected chi connectivity index (χ2v) is 7.18. The molecule has 0 bridgehead atoms. The van der Waals surface area contributed by atoms with Crippen LogP contribution in [0.25, 0.3) is 0 Å². The molecule has 1 aliphatic rings. The van der Waals surface area contributed by atoms with Gasteiger partial charge in [0.25, 0.3) is 10.1 Å². The van der Waals surface area contributed by atoms with Gasteiger partial charge in [-0.25, -0.2) is 0 Å². The Morgan fingerprint density at radius 2 is 1.95 bits per heavy atom. The van der Waals surface area contributed by atoms with Gasteiger partial charge in [-0.1, -0.05) is 38.1 Å². The van der Waals surface area contributed by atoms with Crippen LogP contribution in [0, 0.1) is 0 Å². The first-order valence-electron chi connectivity index (χ1n) is 6.76. The molecule has 1 aromatic rings. The molecule has 0 aliphatic carbocycles. The molecule has 0 atom stereocenters. The number of hydrogen-bond donors (Lipinski definition) is 1. The van der Waals surface area contributed by atoms with Gasteiger partial charge >= 0.3 is 0 Å². The molecule has 1 N–H and O–H groups in total. The first-order valence-corrected chi connectivity index (χ1v) is 8.37. The van der Waals surface area contributed by atoms with Gasteiger partial charge in [-0.3, -0.25) is 4.55 Å². The number of allylic oxidation sites excluding steroid dienone is 2. The van der Waals surface area contributed by atoms with Gasteiger partial charge in [-0.15, -0.1) is 0 Å². The fourth-order valence-electron chi connectivity index (χ4n) is 3.01. The van der Waals surface area contributed by atoms with Crippen molar-refractivity contribution in [2.24, 2.45) is 0 Å². The van der Waals surface area contributed by atoms with Gasteiger partial charge in [-0.05, 0) is 25.0 Å². The van der Waals surface area contributed by atoms with Gasteiger partial charge in [0.15, 0.2) is 0 Å². The van der Waals surface area contributed by atoms with Crippen LogP contribution in [0.5, 0.6) is 0 Å². The SMILES string of the molecule is C/C=C1/N(CCCS(=O)(=O)O)c2ccccc2C1(C)C. The molecule has 0 radical (unpaired) electrons. The predicted molar refractivity (Wildman–Crippen MR) is 81.6 cm³/mol. The monoisotopic (exact) mass is 295 g/mol. The number of fused-ring (bicyclic) bond motifs is 1. The van der Waals surface area contributed by atoms with Gasteiger partial charge < -0.3 is 4.90 Å². The Bertz CT molecular complexity index is 632. The average molecular weight is 295 g/mol. The largest absolute Gasteiger partial charge is 0.344 e. The molecule has 1 aromatic carbocycles. The van der Waals surface area contributed by atoms with Crippen LogP contribution in [-0.2, 0) is 15.5 Å². The number of benzene rings is 1. The lowest BCUT2D eigenvalue weighted by atomic mass is 9.84. The molecule has 0 saturated heterocycles. The first-order chi connectivity index (χ1) is 9.27. The highest BCUT2D eigenvalue weighted by Gasteiger charge is 2.38. The second kappa shape index (κ2) is 5.22. The lowest BCUT2D eigenvalue weighted by Crippen LogP contribution is -2.27. The molecular formula is C15H21NO3S. The van der Waals surface area contributed by atoms with E-state index in [1.54, 1.807) is 0 Å². The van der Waals surface area contributed by atoms with Crippen LogP contribution >= 0.6 is 0 Å². The fourth-order valence-corrected chi connectivity index (χ4v) is 3.50. The molecule has 1 heterocycles. The minimum Gasteiger partial charge on any atom is -0.344 e. The molecule has 2 rings (SSSR count). The molecule has 0 spiro atoms. The number of para-hydroxylation sites is 1. The summed E-state index contributed by atoms with van der Waals surface area (Å²) in [5.41, 5.74) is 3.47. The first kappa shape index (κ1) is 15.1. The highest BCUT2D eigenvalue weighted by Crippen LogP contribution is 2.47. The molecule has 1 aliphatic heterocycles. The van der Waals surface area contributed by atoms with E-state index in [1.807, 2.05) is 19.1 Å². The van der Waals surface area contributed by atoms with Gasteiger partial charge in [0.2, 0.25) is 0 Å². The van der Waals surface area contributed by atoms with E-state index >= 15 is 0 Å². The van der Waals surface area contributed by atoms with E-state index in [4.69, 9.17) is 4.55 Å². The number of hydrogen-bond acceptors (Lipinski definition) is 3. The maximum atomic E-state index is 10.9. The molecule has 0 unspecified atom stereocenters. The van der Waals surface area contributed by atoms with Crippen molar-refractivity contribution in [1.29, 1.82) is 0 Å². The van der Waals surface area contributed by atoms with Crippen molar-refractivity contribution >= 4 is 15.8 Å². The summed E-state index contributed by atoms with van der Waals surface area (Å²) in [6.07, 6.45) is 2.48. The Kier molecular flexibility index (Phi) is 3.93. The molecule has 0 saturated carbocycles. The predicted octanol–water partition coefficient (Wildman–Crippen LogP) is 2.97. The van der Waals surface area contributed by atoms with Crippen molar-refractivity contribution in [3.63, 3.8) is 0 Å². The normalized spacial score (nSPS) is 19.4. The molecular weight excluding hydrogens is 274 g/mol. The number of nitrogens with zero attached hydrogens (tertiary/aromatic N) is 1. The van der Waals surface area contributed by atoms with Gasteiger partial charge in [0.05, 0.1) is 5.75 Å². The number of anilines is 1. The Morgan fingerprint density at radius 3 is 2.55 bits per heavy atom. The quantitative estimate of drug-likeness (QED) is 0.868. The average Bonchev–Trinajstić information content (AvgIpc) is 2.57. The Hall–Kier alpha value is -1.33. The molecule has 20 heavy (non-hydrogen) atoms. The van der Waals surface area contributed by atoms with Crippen molar-refractivity contribution in [2.45, 2.75) is 32.6 Å². The van der Waals surface area contributed by atoms with Crippen molar-refractivity contribution in [3.8, 4) is 0 Å². The Balaban J connectivity index is 2.28. The summed E-state index contributed by atoms with van der Waals surface area (Å²) < 4.78 is 30.6. The zero-order valence-electron chi connectivity index (χ0n) is 12.1. The molecule has 4 nitrogen and oxygen atoms in total. The van der Waals surface area contributed by atoms with Crippen molar-refractivity contribution in [3.05, 3.63) is 41.6 Å². The third-order valence-corrected chi connectivity index (χ3v) is 4.66.